The normalized spacial score (nSPS) is 15.9. The second-order valence-electron chi connectivity index (χ2n) is 8.58. The maximum atomic E-state index is 14.3. The van der Waals surface area contributed by atoms with Gasteiger partial charge in [-0.15, -0.1) is 0 Å². The third-order valence-electron chi connectivity index (χ3n) is 6.44. The molecule has 1 saturated heterocycles. The van der Waals surface area contributed by atoms with Gasteiger partial charge in [0, 0.05) is 23.7 Å². The molecule has 2 heterocycles. The molecule has 1 aliphatic rings. The van der Waals surface area contributed by atoms with Crippen molar-refractivity contribution in [2.24, 2.45) is 0 Å². The van der Waals surface area contributed by atoms with Crippen LogP contribution in [0.25, 0.3) is 33.0 Å². The summed E-state index contributed by atoms with van der Waals surface area (Å²) in [5.41, 5.74) is 2.64. The largest absolute Gasteiger partial charge is 0.438 e. The third-order valence-corrected chi connectivity index (χ3v) is 6.44. The highest BCUT2D eigenvalue weighted by Crippen LogP contribution is 2.36. The first-order valence-corrected chi connectivity index (χ1v) is 11.2. The number of hydrogen-bond acceptors (Lipinski definition) is 3. The van der Waals surface area contributed by atoms with Crippen molar-refractivity contribution in [2.45, 2.75) is 18.9 Å². The van der Waals surface area contributed by atoms with Crippen molar-refractivity contribution in [3.05, 3.63) is 102 Å². The fourth-order valence-electron chi connectivity index (χ4n) is 4.73. The van der Waals surface area contributed by atoms with Gasteiger partial charge < -0.3 is 9.32 Å². The van der Waals surface area contributed by atoms with Crippen molar-refractivity contribution in [3.63, 3.8) is 0 Å². The first-order valence-electron chi connectivity index (χ1n) is 11.2. The number of hydrogen-bond donors (Lipinski definition) is 0. The molecular formula is C28H20F2N2O2. The van der Waals surface area contributed by atoms with E-state index in [4.69, 9.17) is 4.42 Å². The summed E-state index contributed by atoms with van der Waals surface area (Å²) in [5.74, 6) is -0.836. The number of amides is 1. The minimum atomic E-state index is -0.633. The Labute approximate surface area is 194 Å². The van der Waals surface area contributed by atoms with Crippen LogP contribution in [0.15, 0.2) is 83.3 Å². The number of halogens is 2. The Morgan fingerprint density at radius 3 is 2.65 bits per heavy atom. The van der Waals surface area contributed by atoms with Gasteiger partial charge in [0.25, 0.3) is 5.91 Å². The molecule has 4 nitrogen and oxygen atoms in total. The third kappa shape index (κ3) is 3.52. The maximum absolute atomic E-state index is 14.3. The Kier molecular flexibility index (Phi) is 4.87. The molecule has 6 rings (SSSR count). The van der Waals surface area contributed by atoms with Crippen molar-refractivity contribution in [1.29, 1.82) is 0 Å². The fourth-order valence-corrected chi connectivity index (χ4v) is 4.73. The highest BCUT2D eigenvalue weighted by atomic mass is 19.1. The summed E-state index contributed by atoms with van der Waals surface area (Å²) in [6.07, 6.45) is 1.61. The lowest BCUT2D eigenvalue weighted by Gasteiger charge is -2.22. The summed E-state index contributed by atoms with van der Waals surface area (Å²) in [5, 5.41) is 2.11. The quantitative estimate of drug-likeness (QED) is 0.298. The Bertz CT molecular complexity index is 1560. The summed E-state index contributed by atoms with van der Waals surface area (Å²) in [6.45, 7) is 0.626. The number of aromatic nitrogens is 1. The second-order valence-corrected chi connectivity index (χ2v) is 8.58. The minimum absolute atomic E-state index is 0.0513. The van der Waals surface area contributed by atoms with E-state index in [1.807, 2.05) is 47.4 Å². The Morgan fingerprint density at radius 2 is 1.79 bits per heavy atom. The summed E-state index contributed by atoms with van der Waals surface area (Å²) < 4.78 is 33.6. The summed E-state index contributed by atoms with van der Waals surface area (Å²) in [7, 11) is 0. The Morgan fingerprint density at radius 1 is 0.941 bits per heavy atom. The predicted octanol–water partition coefficient (Wildman–Crippen LogP) is 6.90. The predicted molar refractivity (Wildman–Crippen MR) is 126 cm³/mol. The molecule has 0 bridgehead atoms. The number of oxazole rings is 1. The van der Waals surface area contributed by atoms with Crippen molar-refractivity contribution in [3.8, 4) is 11.1 Å². The smallest absolute Gasteiger partial charge is 0.254 e. The van der Waals surface area contributed by atoms with E-state index in [1.54, 1.807) is 18.2 Å². The van der Waals surface area contributed by atoms with Crippen molar-refractivity contribution in [1.82, 2.24) is 9.88 Å². The number of nitrogens with zero attached hydrogens (tertiary/aromatic N) is 2. The van der Waals surface area contributed by atoms with Crippen LogP contribution in [0.5, 0.6) is 0 Å². The van der Waals surface area contributed by atoms with Gasteiger partial charge in [0.2, 0.25) is 5.89 Å². The SMILES string of the molecule is O=C(c1ccc2ccccc2c1)N1CCC[C@H]1c1nc2cc(-c3ccc(F)cc3F)ccc2o1. The van der Waals surface area contributed by atoms with E-state index >= 15 is 0 Å². The molecule has 1 fully saturated rings. The van der Waals surface area contributed by atoms with Crippen LogP contribution < -0.4 is 0 Å². The zero-order chi connectivity index (χ0) is 23.2. The molecule has 34 heavy (non-hydrogen) atoms. The molecule has 1 amide bonds. The summed E-state index contributed by atoms with van der Waals surface area (Å²) >= 11 is 0. The van der Waals surface area contributed by atoms with Crippen LogP contribution >= 0.6 is 0 Å². The first kappa shape index (κ1) is 20.5. The van der Waals surface area contributed by atoms with E-state index in [0.717, 1.165) is 29.7 Å². The number of benzene rings is 4. The monoisotopic (exact) mass is 454 g/mol. The van der Waals surface area contributed by atoms with E-state index in [1.165, 1.54) is 12.1 Å². The summed E-state index contributed by atoms with van der Waals surface area (Å²) in [4.78, 5) is 19.8. The zero-order valence-corrected chi connectivity index (χ0v) is 18.2. The van der Waals surface area contributed by atoms with Gasteiger partial charge in [0.05, 0.1) is 0 Å². The average molecular weight is 454 g/mol. The summed E-state index contributed by atoms with van der Waals surface area (Å²) in [6, 6.07) is 22.1. The van der Waals surface area contributed by atoms with Gasteiger partial charge in [-0.05, 0) is 65.6 Å². The van der Waals surface area contributed by atoms with Gasteiger partial charge in [-0.25, -0.2) is 13.8 Å². The number of fused-ring (bicyclic) bond motifs is 2. The lowest BCUT2D eigenvalue weighted by Crippen LogP contribution is -2.30. The zero-order valence-electron chi connectivity index (χ0n) is 18.2. The van der Waals surface area contributed by atoms with Crippen molar-refractivity contribution < 1.29 is 18.0 Å². The number of carbonyl (C=O) groups is 1. The Hall–Kier alpha value is -4.06. The van der Waals surface area contributed by atoms with Gasteiger partial charge in [0.1, 0.15) is 23.2 Å². The van der Waals surface area contributed by atoms with Gasteiger partial charge >= 0.3 is 0 Å². The van der Waals surface area contributed by atoms with E-state index in [-0.39, 0.29) is 11.9 Å². The van der Waals surface area contributed by atoms with Crippen LogP contribution in [0.1, 0.15) is 35.1 Å². The molecule has 0 radical (unpaired) electrons. The van der Waals surface area contributed by atoms with Crippen LogP contribution in [0.4, 0.5) is 8.78 Å². The lowest BCUT2D eigenvalue weighted by molar-refractivity contribution is 0.0717. The number of likely N-dealkylation sites (tertiary alicyclic amines) is 1. The second kappa shape index (κ2) is 8.06. The minimum Gasteiger partial charge on any atom is -0.438 e. The highest BCUT2D eigenvalue weighted by molar-refractivity contribution is 5.99. The molecule has 1 atom stereocenters. The van der Waals surface area contributed by atoms with Crippen LogP contribution in [-0.2, 0) is 0 Å². The van der Waals surface area contributed by atoms with E-state index < -0.39 is 11.6 Å². The number of rotatable bonds is 3. The van der Waals surface area contributed by atoms with Crippen LogP contribution in [0.3, 0.4) is 0 Å². The molecule has 0 unspecified atom stereocenters. The molecule has 4 aromatic carbocycles. The topological polar surface area (TPSA) is 46.3 Å². The van der Waals surface area contributed by atoms with Crippen LogP contribution in [0, 0.1) is 11.6 Å². The first-order chi connectivity index (χ1) is 16.6. The van der Waals surface area contributed by atoms with E-state index in [0.29, 0.717) is 40.2 Å². The van der Waals surface area contributed by atoms with Gasteiger partial charge in [0.15, 0.2) is 5.58 Å². The average Bonchev–Trinajstić information content (AvgIpc) is 3.50. The molecule has 0 saturated carbocycles. The van der Waals surface area contributed by atoms with Crippen molar-refractivity contribution >= 4 is 27.8 Å². The van der Waals surface area contributed by atoms with Crippen molar-refractivity contribution in [2.75, 3.05) is 6.54 Å². The van der Waals surface area contributed by atoms with Gasteiger partial charge in [-0.3, -0.25) is 4.79 Å². The maximum Gasteiger partial charge on any atom is 0.254 e. The molecule has 6 heteroatoms. The molecule has 5 aromatic rings. The highest BCUT2D eigenvalue weighted by Gasteiger charge is 2.34. The molecule has 1 aliphatic heterocycles. The molecule has 0 N–H and O–H groups in total. The molecule has 0 spiro atoms. The van der Waals surface area contributed by atoms with Gasteiger partial charge in [-0.1, -0.05) is 36.4 Å². The molecular weight excluding hydrogens is 434 g/mol. The molecule has 1 aromatic heterocycles. The van der Waals surface area contributed by atoms with Crippen LogP contribution in [0.2, 0.25) is 0 Å². The molecule has 0 aliphatic carbocycles. The van der Waals surface area contributed by atoms with Crippen LogP contribution in [-0.4, -0.2) is 22.3 Å². The van der Waals surface area contributed by atoms with E-state index in [9.17, 15) is 13.6 Å². The lowest BCUT2D eigenvalue weighted by atomic mass is 10.0. The Balaban J connectivity index is 1.32. The molecule has 168 valence electrons. The standard InChI is InChI=1S/C28H20F2N2O2/c29-21-10-11-22(23(30)16-21)19-9-12-26-24(15-19)31-27(34-26)25-6-3-13-32(25)28(33)20-8-7-17-4-1-2-5-18(17)14-20/h1-2,4-5,7-12,14-16,25H,3,6,13H2/t25-/m0/s1. The fraction of sp³-hybridized carbons (Fsp3) is 0.143. The number of carbonyl (C=O) groups excluding carboxylic acids is 1. The van der Waals surface area contributed by atoms with Gasteiger partial charge in [-0.2, -0.15) is 0 Å². The van der Waals surface area contributed by atoms with E-state index in [2.05, 4.69) is 4.98 Å².